The molecular formula is C14H25N3O2. The van der Waals surface area contributed by atoms with Crippen molar-refractivity contribution in [2.45, 2.75) is 50.9 Å². The van der Waals surface area contributed by atoms with Gasteiger partial charge in [0.1, 0.15) is 0 Å². The summed E-state index contributed by atoms with van der Waals surface area (Å²) in [7, 11) is 0. The molecule has 1 aromatic heterocycles. The monoisotopic (exact) mass is 267 g/mol. The molecule has 1 aromatic rings. The molecule has 5 heteroatoms. The van der Waals surface area contributed by atoms with E-state index in [9.17, 15) is 10.2 Å². The Morgan fingerprint density at radius 2 is 2.21 bits per heavy atom. The van der Waals surface area contributed by atoms with Crippen LogP contribution in [0.4, 0.5) is 0 Å². The molecule has 0 aliphatic heterocycles. The minimum atomic E-state index is -0.585. The van der Waals surface area contributed by atoms with Crippen LogP contribution in [0.5, 0.6) is 0 Å². The number of hydrogen-bond donors (Lipinski definition) is 3. The first kappa shape index (κ1) is 14.5. The van der Waals surface area contributed by atoms with Crippen molar-refractivity contribution in [2.24, 2.45) is 5.92 Å². The summed E-state index contributed by atoms with van der Waals surface area (Å²) in [5, 5.41) is 27.5. The van der Waals surface area contributed by atoms with Crippen LogP contribution in [0.2, 0.25) is 0 Å². The van der Waals surface area contributed by atoms with Gasteiger partial charge >= 0.3 is 0 Å². The van der Waals surface area contributed by atoms with E-state index in [1.165, 1.54) is 0 Å². The fourth-order valence-electron chi connectivity index (χ4n) is 2.64. The van der Waals surface area contributed by atoms with E-state index < -0.39 is 11.7 Å². The molecular weight excluding hydrogens is 242 g/mol. The van der Waals surface area contributed by atoms with E-state index in [2.05, 4.69) is 17.3 Å². The zero-order valence-corrected chi connectivity index (χ0v) is 11.6. The Morgan fingerprint density at radius 3 is 2.84 bits per heavy atom. The summed E-state index contributed by atoms with van der Waals surface area (Å²) in [6.07, 6.45) is 6.95. The predicted octanol–water partition coefficient (Wildman–Crippen LogP) is 0.775. The lowest BCUT2D eigenvalue weighted by Crippen LogP contribution is -2.45. The highest BCUT2D eigenvalue weighted by Crippen LogP contribution is 2.31. The second-order valence-electron chi connectivity index (χ2n) is 5.92. The summed E-state index contributed by atoms with van der Waals surface area (Å²) < 4.78 is 1.71. The number of aliphatic hydroxyl groups is 2. The fourth-order valence-corrected chi connectivity index (χ4v) is 2.64. The van der Waals surface area contributed by atoms with Crippen LogP contribution in [0.1, 0.15) is 32.6 Å². The molecule has 0 aromatic carbocycles. The molecule has 2 rings (SSSR count). The normalized spacial score (nSPS) is 29.3. The molecule has 0 radical (unpaired) electrons. The molecule has 1 fully saturated rings. The molecule has 1 atom stereocenters. The Labute approximate surface area is 114 Å². The maximum Gasteiger partial charge on any atom is 0.0860 e. The second-order valence-corrected chi connectivity index (χ2v) is 5.92. The van der Waals surface area contributed by atoms with Gasteiger partial charge in [-0.3, -0.25) is 4.68 Å². The molecule has 0 amide bonds. The van der Waals surface area contributed by atoms with Gasteiger partial charge in [-0.05, 0) is 37.7 Å². The highest BCUT2D eigenvalue weighted by molar-refractivity contribution is 4.86. The van der Waals surface area contributed by atoms with Crippen molar-refractivity contribution in [1.29, 1.82) is 0 Å². The number of nitrogens with one attached hydrogen (secondary N) is 1. The Hall–Kier alpha value is -0.910. The number of hydrogen-bond acceptors (Lipinski definition) is 4. The minimum Gasteiger partial charge on any atom is -0.390 e. The molecule has 0 saturated heterocycles. The highest BCUT2D eigenvalue weighted by atomic mass is 16.3. The van der Waals surface area contributed by atoms with Crippen LogP contribution in [0.25, 0.3) is 0 Å². The number of aliphatic hydroxyl groups excluding tert-OH is 1. The summed E-state index contributed by atoms with van der Waals surface area (Å²) >= 11 is 0. The smallest absolute Gasteiger partial charge is 0.0860 e. The van der Waals surface area contributed by atoms with Gasteiger partial charge in [-0.25, -0.2) is 0 Å². The van der Waals surface area contributed by atoms with Gasteiger partial charge in [-0.15, -0.1) is 0 Å². The fraction of sp³-hybridized carbons (Fsp3) is 0.786. The van der Waals surface area contributed by atoms with Crippen molar-refractivity contribution >= 4 is 0 Å². The topological polar surface area (TPSA) is 70.3 Å². The first-order valence-corrected chi connectivity index (χ1v) is 7.16. The van der Waals surface area contributed by atoms with Crippen LogP contribution < -0.4 is 5.32 Å². The van der Waals surface area contributed by atoms with Crippen molar-refractivity contribution in [2.75, 3.05) is 13.1 Å². The summed E-state index contributed by atoms with van der Waals surface area (Å²) in [5.74, 6) is 0.727. The third-order valence-corrected chi connectivity index (χ3v) is 4.00. The third-order valence-electron chi connectivity index (χ3n) is 4.00. The SMILES string of the molecule is CC1CCC(O)(CNCC(O)Cn2cccn2)CC1. The predicted molar refractivity (Wildman–Crippen MR) is 73.7 cm³/mol. The molecule has 5 nitrogen and oxygen atoms in total. The lowest BCUT2D eigenvalue weighted by molar-refractivity contribution is -0.00834. The largest absolute Gasteiger partial charge is 0.390 e. The Morgan fingerprint density at radius 1 is 1.47 bits per heavy atom. The first-order chi connectivity index (χ1) is 9.07. The van der Waals surface area contributed by atoms with Crippen LogP contribution >= 0.6 is 0 Å². The van der Waals surface area contributed by atoms with Crippen molar-refractivity contribution in [3.63, 3.8) is 0 Å². The molecule has 108 valence electrons. The zero-order valence-electron chi connectivity index (χ0n) is 11.6. The zero-order chi connectivity index (χ0) is 13.7. The van der Waals surface area contributed by atoms with Crippen LogP contribution in [0, 0.1) is 5.92 Å². The Kier molecular flexibility index (Phi) is 4.96. The maximum absolute atomic E-state index is 10.4. The molecule has 19 heavy (non-hydrogen) atoms. The van der Waals surface area contributed by atoms with Gasteiger partial charge in [0.15, 0.2) is 0 Å². The van der Waals surface area contributed by atoms with Gasteiger partial charge in [0.2, 0.25) is 0 Å². The molecule has 1 aliphatic carbocycles. The van der Waals surface area contributed by atoms with Crippen LogP contribution in [-0.4, -0.2) is 44.8 Å². The lowest BCUT2D eigenvalue weighted by Gasteiger charge is -2.35. The summed E-state index contributed by atoms with van der Waals surface area (Å²) in [5.41, 5.74) is -0.585. The van der Waals surface area contributed by atoms with E-state index in [0.717, 1.165) is 31.6 Å². The van der Waals surface area contributed by atoms with Crippen LogP contribution in [0.3, 0.4) is 0 Å². The van der Waals surface area contributed by atoms with Crippen molar-refractivity contribution in [1.82, 2.24) is 15.1 Å². The first-order valence-electron chi connectivity index (χ1n) is 7.16. The van der Waals surface area contributed by atoms with Crippen molar-refractivity contribution < 1.29 is 10.2 Å². The quantitative estimate of drug-likeness (QED) is 0.712. The third kappa shape index (κ3) is 4.60. The number of nitrogens with zero attached hydrogens (tertiary/aromatic N) is 2. The Bertz CT molecular complexity index is 359. The van der Waals surface area contributed by atoms with E-state index in [-0.39, 0.29) is 0 Å². The van der Waals surface area contributed by atoms with Gasteiger partial charge in [0.25, 0.3) is 0 Å². The summed E-state index contributed by atoms with van der Waals surface area (Å²) in [6.45, 7) is 3.77. The van der Waals surface area contributed by atoms with Crippen LogP contribution in [-0.2, 0) is 6.54 Å². The minimum absolute atomic E-state index is 0.481. The molecule has 3 N–H and O–H groups in total. The number of rotatable bonds is 6. The average molecular weight is 267 g/mol. The van der Waals surface area contributed by atoms with Gasteiger partial charge in [0.05, 0.1) is 18.2 Å². The van der Waals surface area contributed by atoms with E-state index in [4.69, 9.17) is 0 Å². The van der Waals surface area contributed by atoms with Crippen molar-refractivity contribution in [3.8, 4) is 0 Å². The molecule has 1 aliphatic rings. The van der Waals surface area contributed by atoms with E-state index in [1.54, 1.807) is 10.9 Å². The average Bonchev–Trinajstić information content (AvgIpc) is 2.86. The van der Waals surface area contributed by atoms with E-state index >= 15 is 0 Å². The van der Waals surface area contributed by atoms with Crippen LogP contribution in [0.15, 0.2) is 18.5 Å². The molecule has 1 unspecified atom stereocenters. The van der Waals surface area contributed by atoms with E-state index in [1.807, 2.05) is 12.3 Å². The summed E-state index contributed by atoms with van der Waals surface area (Å²) in [4.78, 5) is 0. The van der Waals surface area contributed by atoms with Gasteiger partial charge in [-0.1, -0.05) is 6.92 Å². The van der Waals surface area contributed by atoms with Gasteiger partial charge in [0, 0.05) is 25.5 Å². The molecule has 1 saturated carbocycles. The lowest BCUT2D eigenvalue weighted by atomic mass is 9.79. The molecule has 0 bridgehead atoms. The van der Waals surface area contributed by atoms with E-state index in [0.29, 0.717) is 19.6 Å². The second kappa shape index (κ2) is 6.50. The van der Waals surface area contributed by atoms with Gasteiger partial charge in [-0.2, -0.15) is 5.10 Å². The van der Waals surface area contributed by atoms with Gasteiger partial charge < -0.3 is 15.5 Å². The number of aromatic nitrogens is 2. The standard InChI is InChI=1S/C14H25N3O2/c1-12-3-5-14(19,6-4-12)11-15-9-13(18)10-17-8-2-7-16-17/h2,7-8,12-13,15,18-19H,3-6,9-11H2,1H3. The highest BCUT2D eigenvalue weighted by Gasteiger charge is 2.31. The molecule has 1 heterocycles. The van der Waals surface area contributed by atoms with Crippen molar-refractivity contribution in [3.05, 3.63) is 18.5 Å². The Balaban J connectivity index is 1.65. The summed E-state index contributed by atoms with van der Waals surface area (Å²) in [6, 6.07) is 1.84. The molecule has 0 spiro atoms. The maximum atomic E-state index is 10.4.